The lowest BCUT2D eigenvalue weighted by Gasteiger charge is -2.39. The van der Waals surface area contributed by atoms with Crippen molar-refractivity contribution in [2.45, 2.75) is 75.5 Å². The van der Waals surface area contributed by atoms with Crippen LogP contribution in [0.25, 0.3) is 0 Å². The van der Waals surface area contributed by atoms with Gasteiger partial charge in [0.15, 0.2) is 0 Å². The molecule has 1 aliphatic carbocycles. The molecular weight excluding hydrogens is 525 g/mol. The van der Waals surface area contributed by atoms with E-state index in [2.05, 4.69) is 9.64 Å². The van der Waals surface area contributed by atoms with Gasteiger partial charge in [0.05, 0.1) is 5.56 Å². The van der Waals surface area contributed by atoms with E-state index in [4.69, 9.17) is 16.3 Å². The van der Waals surface area contributed by atoms with Gasteiger partial charge in [0, 0.05) is 29.7 Å². The van der Waals surface area contributed by atoms with Gasteiger partial charge >= 0.3 is 12.3 Å². The van der Waals surface area contributed by atoms with Crippen LogP contribution >= 0.6 is 24.0 Å². The van der Waals surface area contributed by atoms with Gasteiger partial charge < -0.3 is 14.6 Å². The highest BCUT2D eigenvalue weighted by atomic mass is 35.5. The van der Waals surface area contributed by atoms with Gasteiger partial charge in [0.1, 0.15) is 23.4 Å². The molecule has 0 spiro atoms. The number of piperidine rings is 1. The van der Waals surface area contributed by atoms with Crippen LogP contribution in [0.5, 0.6) is 11.5 Å². The van der Waals surface area contributed by atoms with Crippen LogP contribution in [-0.2, 0) is 6.54 Å². The maximum Gasteiger partial charge on any atom is 0.573 e. The number of carboxylic acids is 1. The Hall–Kier alpha value is -2.23. The second-order valence-corrected chi connectivity index (χ2v) is 9.99. The van der Waals surface area contributed by atoms with E-state index >= 15 is 0 Å². The highest BCUT2D eigenvalue weighted by Crippen LogP contribution is 2.45. The molecule has 36 heavy (non-hydrogen) atoms. The van der Waals surface area contributed by atoms with Crippen molar-refractivity contribution in [2.75, 3.05) is 0 Å². The Balaban J connectivity index is 0.00000304. The maximum absolute atomic E-state index is 14.5. The molecule has 2 heterocycles. The van der Waals surface area contributed by atoms with Gasteiger partial charge in [-0.15, -0.1) is 25.6 Å². The lowest BCUT2D eigenvalue weighted by atomic mass is 9.95. The minimum atomic E-state index is -4.83. The summed E-state index contributed by atoms with van der Waals surface area (Å²) in [4.78, 5) is 13.7. The fourth-order valence-corrected chi connectivity index (χ4v) is 5.69. The summed E-state index contributed by atoms with van der Waals surface area (Å²) < 4.78 is 62.3. The number of fused-ring (bicyclic) bond motifs is 2. The summed E-state index contributed by atoms with van der Waals surface area (Å²) >= 11 is 5.97. The summed E-state index contributed by atoms with van der Waals surface area (Å²) in [6, 6.07) is 6.95. The molecule has 3 fully saturated rings. The Morgan fingerprint density at radius 3 is 2.25 bits per heavy atom. The molecule has 0 amide bonds. The molecule has 5 nitrogen and oxygen atoms in total. The van der Waals surface area contributed by atoms with Gasteiger partial charge in [-0.3, -0.25) is 4.90 Å². The lowest BCUT2D eigenvalue weighted by Crippen LogP contribution is -2.45. The Morgan fingerprint density at radius 1 is 1.03 bits per heavy atom. The first-order chi connectivity index (χ1) is 16.6. The Bertz CT molecular complexity index is 1130. The van der Waals surface area contributed by atoms with Gasteiger partial charge in [0.2, 0.25) is 0 Å². The van der Waals surface area contributed by atoms with Gasteiger partial charge in [-0.25, -0.2) is 9.18 Å². The number of halogens is 6. The molecule has 2 aromatic carbocycles. The smallest absolute Gasteiger partial charge is 0.490 e. The van der Waals surface area contributed by atoms with E-state index < -0.39 is 23.9 Å². The van der Waals surface area contributed by atoms with Crippen molar-refractivity contribution < 1.29 is 36.9 Å². The number of alkyl halides is 3. The first-order valence-electron chi connectivity index (χ1n) is 11.6. The molecular formula is C25H25Cl2F4NO4. The van der Waals surface area contributed by atoms with E-state index in [0.29, 0.717) is 19.4 Å². The average molecular weight is 550 g/mol. The fraction of sp³-hybridized carbons (Fsp3) is 0.480. The van der Waals surface area contributed by atoms with E-state index in [0.717, 1.165) is 42.9 Å². The van der Waals surface area contributed by atoms with E-state index in [9.17, 15) is 27.5 Å². The first kappa shape index (κ1) is 26.8. The van der Waals surface area contributed by atoms with Crippen LogP contribution in [0.15, 0.2) is 30.3 Å². The van der Waals surface area contributed by atoms with Crippen LogP contribution in [0.4, 0.5) is 17.6 Å². The van der Waals surface area contributed by atoms with Gasteiger partial charge in [-0.1, -0.05) is 11.6 Å². The topological polar surface area (TPSA) is 59.0 Å². The summed E-state index contributed by atoms with van der Waals surface area (Å²) in [5.74, 6) is -1.92. The lowest BCUT2D eigenvalue weighted by molar-refractivity contribution is -0.274. The SMILES string of the molecule is Cl.O=C(O)c1cc(C2CC2)c(CN2[C@@H]3CC[C@H]2CC(Oc2cc(Cl)cc(OC(F)(F)F)c2)C3)cc1F. The van der Waals surface area contributed by atoms with Gasteiger partial charge in [0.25, 0.3) is 0 Å². The zero-order valence-corrected chi connectivity index (χ0v) is 20.6. The molecule has 0 aromatic heterocycles. The van der Waals surface area contributed by atoms with Crippen molar-refractivity contribution in [2.24, 2.45) is 0 Å². The summed E-state index contributed by atoms with van der Waals surface area (Å²) in [7, 11) is 0. The number of ether oxygens (including phenoxy) is 2. The van der Waals surface area contributed by atoms with Crippen molar-refractivity contribution in [1.29, 1.82) is 0 Å². The monoisotopic (exact) mass is 549 g/mol. The van der Waals surface area contributed by atoms with Crippen molar-refractivity contribution in [3.63, 3.8) is 0 Å². The second-order valence-electron chi connectivity index (χ2n) is 9.55. The van der Waals surface area contributed by atoms with Crippen LogP contribution in [0.2, 0.25) is 5.02 Å². The number of aromatic carboxylic acids is 1. The van der Waals surface area contributed by atoms with Crippen LogP contribution in [-0.4, -0.2) is 40.5 Å². The van der Waals surface area contributed by atoms with Crippen LogP contribution in [0.3, 0.4) is 0 Å². The molecule has 2 aromatic rings. The molecule has 3 atom stereocenters. The summed E-state index contributed by atoms with van der Waals surface area (Å²) in [6.07, 6.45) is 0.150. The summed E-state index contributed by atoms with van der Waals surface area (Å²) in [6.45, 7) is 0.533. The van der Waals surface area contributed by atoms with Gasteiger partial charge in [-0.2, -0.15) is 0 Å². The third kappa shape index (κ3) is 6.01. The highest BCUT2D eigenvalue weighted by Gasteiger charge is 2.42. The third-order valence-corrected chi connectivity index (χ3v) is 7.27. The van der Waals surface area contributed by atoms with E-state index in [1.165, 1.54) is 24.3 Å². The number of carboxylic acid groups (broad SMARTS) is 1. The molecule has 1 N–H and O–H groups in total. The molecule has 11 heteroatoms. The third-order valence-electron chi connectivity index (χ3n) is 7.05. The number of rotatable bonds is 7. The summed E-state index contributed by atoms with van der Waals surface area (Å²) in [5, 5.41) is 9.39. The Labute approximate surface area is 216 Å². The van der Waals surface area contributed by atoms with E-state index in [1.54, 1.807) is 0 Å². The summed E-state index contributed by atoms with van der Waals surface area (Å²) in [5.41, 5.74) is 1.45. The molecule has 3 aliphatic rings. The predicted octanol–water partition coefficient (Wildman–Crippen LogP) is 6.95. The number of benzene rings is 2. The van der Waals surface area contributed by atoms with Crippen LogP contribution < -0.4 is 9.47 Å². The van der Waals surface area contributed by atoms with Crippen LogP contribution in [0, 0.1) is 5.82 Å². The normalized spacial score (nSPS) is 23.8. The fourth-order valence-electron chi connectivity index (χ4n) is 5.47. The van der Waals surface area contributed by atoms with Crippen molar-refractivity contribution in [3.05, 3.63) is 57.9 Å². The Morgan fingerprint density at radius 2 is 1.67 bits per heavy atom. The second kappa shape index (κ2) is 10.3. The molecule has 5 rings (SSSR count). The predicted molar refractivity (Wildman–Crippen MR) is 127 cm³/mol. The largest absolute Gasteiger partial charge is 0.573 e. The first-order valence-corrected chi connectivity index (χ1v) is 12.0. The standard InChI is InChI=1S/C25H24ClF4NO4.ClH/c26-15-6-18(10-20(7-15)35-25(28,29)30)34-19-8-16-3-4-17(9-19)31(16)12-14-5-23(27)22(24(32)33)11-21(14)13-1-2-13;/h5-7,10-11,13,16-17,19H,1-4,8-9,12H2,(H,32,33);1H/t16-,17+,19?;. The zero-order valence-electron chi connectivity index (χ0n) is 19.1. The number of hydrogen-bond donors (Lipinski definition) is 1. The number of nitrogens with zero attached hydrogens (tertiary/aromatic N) is 1. The number of carbonyl (C=O) groups is 1. The molecule has 2 aliphatic heterocycles. The zero-order chi connectivity index (χ0) is 24.9. The van der Waals surface area contributed by atoms with Crippen molar-refractivity contribution in [3.8, 4) is 11.5 Å². The average Bonchev–Trinajstić information content (AvgIpc) is 3.53. The quantitative estimate of drug-likeness (QED) is 0.378. The molecule has 196 valence electrons. The number of hydrogen-bond acceptors (Lipinski definition) is 4. The van der Waals surface area contributed by atoms with E-state index in [1.807, 2.05) is 0 Å². The van der Waals surface area contributed by atoms with Gasteiger partial charge in [-0.05, 0) is 79.8 Å². The minimum Gasteiger partial charge on any atom is -0.490 e. The van der Waals surface area contributed by atoms with Crippen molar-refractivity contribution >= 4 is 30.0 Å². The molecule has 2 bridgehead atoms. The highest BCUT2D eigenvalue weighted by molar-refractivity contribution is 6.30. The van der Waals surface area contributed by atoms with Crippen LogP contribution in [0.1, 0.15) is 65.9 Å². The molecule has 0 radical (unpaired) electrons. The molecule has 1 unspecified atom stereocenters. The maximum atomic E-state index is 14.5. The Kier molecular flexibility index (Phi) is 7.65. The van der Waals surface area contributed by atoms with E-state index in [-0.39, 0.29) is 52.8 Å². The van der Waals surface area contributed by atoms with Crippen molar-refractivity contribution in [1.82, 2.24) is 4.90 Å². The minimum absolute atomic E-state index is 0. The molecule has 1 saturated carbocycles. The molecule has 2 saturated heterocycles.